The highest BCUT2D eigenvalue weighted by molar-refractivity contribution is 6.07. The number of fused-ring (bicyclic) bond motifs is 3. The molecule has 1 amide bonds. The van der Waals surface area contributed by atoms with Crippen LogP contribution >= 0.6 is 0 Å². The molecule has 8 nitrogen and oxygen atoms in total. The lowest BCUT2D eigenvalue weighted by Crippen LogP contribution is -2.53. The van der Waals surface area contributed by atoms with Crippen molar-refractivity contribution in [1.82, 2.24) is 24.6 Å². The summed E-state index contributed by atoms with van der Waals surface area (Å²) >= 11 is 0. The number of aromatic amines is 1. The smallest absolute Gasteiger partial charge is 0.259 e. The van der Waals surface area contributed by atoms with Gasteiger partial charge in [-0.2, -0.15) is 5.10 Å². The van der Waals surface area contributed by atoms with Gasteiger partial charge in [-0.15, -0.1) is 0 Å². The summed E-state index contributed by atoms with van der Waals surface area (Å²) in [6.07, 6.45) is 7.06. The van der Waals surface area contributed by atoms with Crippen molar-refractivity contribution < 1.29 is 13.9 Å². The van der Waals surface area contributed by atoms with Gasteiger partial charge in [0.2, 0.25) is 0 Å². The van der Waals surface area contributed by atoms with E-state index in [0.717, 1.165) is 62.7 Å². The summed E-state index contributed by atoms with van der Waals surface area (Å²) < 4.78 is 20.6. The molecule has 5 rings (SSSR count). The van der Waals surface area contributed by atoms with Crippen LogP contribution in [0.2, 0.25) is 0 Å². The minimum absolute atomic E-state index is 0.0692. The van der Waals surface area contributed by atoms with Crippen LogP contribution in [0.25, 0.3) is 21.8 Å². The molecule has 36 heavy (non-hydrogen) atoms. The Morgan fingerprint density at radius 3 is 2.75 bits per heavy atom. The first-order valence-corrected chi connectivity index (χ1v) is 13.2. The average Bonchev–Trinajstić information content (AvgIpc) is 3.26. The second-order valence-corrected chi connectivity index (χ2v) is 10.2. The fourth-order valence-corrected chi connectivity index (χ4v) is 5.59. The highest BCUT2D eigenvalue weighted by Gasteiger charge is 2.29. The van der Waals surface area contributed by atoms with Crippen LogP contribution in [0.3, 0.4) is 0 Å². The number of benzene rings is 1. The first-order chi connectivity index (χ1) is 17.5. The SMILES string of the molecule is COCCCCN1CCN(C(=O)c2cc3c(cc2CCF)[nH]c(=O)c2cnn(C4CCC4)c23)C[C@H]1C. The predicted octanol–water partition coefficient (Wildman–Crippen LogP) is 3.69. The van der Waals surface area contributed by atoms with Crippen LogP contribution in [-0.4, -0.2) is 83.1 Å². The molecule has 9 heteroatoms. The Kier molecular flexibility index (Phi) is 7.39. The molecule has 1 N–H and O–H groups in total. The molecule has 194 valence electrons. The fraction of sp³-hybridized carbons (Fsp3) is 0.593. The van der Waals surface area contributed by atoms with E-state index in [1.807, 2.05) is 15.6 Å². The molecule has 0 spiro atoms. The minimum atomic E-state index is -0.566. The molecule has 1 aromatic carbocycles. The number of nitrogens with zero attached hydrogens (tertiary/aromatic N) is 4. The number of methoxy groups -OCH3 is 1. The van der Waals surface area contributed by atoms with Gasteiger partial charge in [-0.3, -0.25) is 23.6 Å². The summed E-state index contributed by atoms with van der Waals surface area (Å²) in [7, 11) is 1.72. The van der Waals surface area contributed by atoms with Gasteiger partial charge < -0.3 is 14.6 Å². The van der Waals surface area contributed by atoms with Gasteiger partial charge in [0.25, 0.3) is 11.5 Å². The van der Waals surface area contributed by atoms with Crippen molar-refractivity contribution in [3.05, 3.63) is 39.8 Å². The largest absolute Gasteiger partial charge is 0.385 e. The van der Waals surface area contributed by atoms with Crippen molar-refractivity contribution >= 4 is 27.7 Å². The van der Waals surface area contributed by atoms with Crippen LogP contribution in [0, 0.1) is 0 Å². The van der Waals surface area contributed by atoms with Crippen LogP contribution in [0.1, 0.15) is 61.0 Å². The zero-order valence-electron chi connectivity index (χ0n) is 21.3. The number of aromatic nitrogens is 3. The van der Waals surface area contributed by atoms with E-state index in [1.165, 1.54) is 0 Å². The summed E-state index contributed by atoms with van der Waals surface area (Å²) in [6, 6.07) is 4.17. The third kappa shape index (κ3) is 4.66. The quantitative estimate of drug-likeness (QED) is 0.456. The Hall–Kier alpha value is -2.78. The van der Waals surface area contributed by atoms with E-state index in [9.17, 15) is 14.0 Å². The summed E-state index contributed by atoms with van der Waals surface area (Å²) in [5, 5.41) is 5.86. The standard InChI is InChI=1S/C27H36FN5O3/c1-18-17-32(12-11-31(18)10-3-4-13-36-2)27(35)21-15-22-24(14-19(21)8-9-28)30-26(34)23-16-29-33(25(22)23)20-6-5-7-20/h14-16,18,20H,3-13,17H2,1-2H3,(H,30,34)/t18-/m1/s1. The second kappa shape index (κ2) is 10.7. The molecule has 1 saturated heterocycles. The number of pyridine rings is 1. The minimum Gasteiger partial charge on any atom is -0.385 e. The van der Waals surface area contributed by atoms with E-state index in [4.69, 9.17) is 4.74 Å². The molecule has 1 aliphatic carbocycles. The van der Waals surface area contributed by atoms with E-state index < -0.39 is 6.67 Å². The van der Waals surface area contributed by atoms with Crippen molar-refractivity contribution in [2.24, 2.45) is 0 Å². The number of H-pyrrole nitrogens is 1. The molecule has 3 aromatic rings. The molecule has 0 bridgehead atoms. The van der Waals surface area contributed by atoms with Gasteiger partial charge in [-0.05, 0) is 63.3 Å². The Bertz CT molecular complexity index is 1300. The number of unbranched alkanes of at least 4 members (excludes halogenated alkanes) is 1. The summed E-state index contributed by atoms with van der Waals surface area (Å²) in [6.45, 7) is 5.45. The predicted molar refractivity (Wildman–Crippen MR) is 138 cm³/mol. The third-order valence-electron chi connectivity index (χ3n) is 7.90. The van der Waals surface area contributed by atoms with E-state index >= 15 is 0 Å². The number of carbonyl (C=O) groups excluding carboxylic acids is 1. The van der Waals surface area contributed by atoms with E-state index in [0.29, 0.717) is 35.1 Å². The third-order valence-corrected chi connectivity index (χ3v) is 7.90. The first-order valence-electron chi connectivity index (χ1n) is 13.2. The summed E-state index contributed by atoms with van der Waals surface area (Å²) in [5.74, 6) is -0.0692. The van der Waals surface area contributed by atoms with E-state index in [-0.39, 0.29) is 30.0 Å². The van der Waals surface area contributed by atoms with Crippen LogP contribution in [0.4, 0.5) is 4.39 Å². The molecular weight excluding hydrogens is 461 g/mol. The van der Waals surface area contributed by atoms with Gasteiger partial charge in [0, 0.05) is 56.8 Å². The number of nitrogens with one attached hydrogen (secondary N) is 1. The van der Waals surface area contributed by atoms with Gasteiger partial charge in [-0.1, -0.05) is 0 Å². The van der Waals surface area contributed by atoms with Crippen LogP contribution in [0.15, 0.2) is 23.1 Å². The topological polar surface area (TPSA) is 83.5 Å². The molecule has 1 atom stereocenters. The number of piperazine rings is 1. The maximum absolute atomic E-state index is 13.8. The van der Waals surface area contributed by atoms with Crippen molar-refractivity contribution in [2.45, 2.75) is 57.5 Å². The number of amides is 1. The first kappa shape index (κ1) is 24.9. The number of hydrogen-bond donors (Lipinski definition) is 1. The van der Waals surface area contributed by atoms with Gasteiger partial charge >= 0.3 is 0 Å². The number of hydrogen-bond acceptors (Lipinski definition) is 5. The monoisotopic (exact) mass is 497 g/mol. The molecule has 0 radical (unpaired) electrons. The molecular formula is C27H36FN5O3. The fourth-order valence-electron chi connectivity index (χ4n) is 5.59. The molecule has 3 heterocycles. The number of carbonyl (C=O) groups is 1. The van der Waals surface area contributed by atoms with Crippen molar-refractivity contribution in [3.63, 3.8) is 0 Å². The Labute approximate surface area is 210 Å². The lowest BCUT2D eigenvalue weighted by molar-refractivity contribution is 0.0504. The van der Waals surface area contributed by atoms with Crippen molar-refractivity contribution in [2.75, 3.05) is 46.6 Å². The zero-order chi connectivity index (χ0) is 25.2. The van der Waals surface area contributed by atoms with Gasteiger partial charge in [0.15, 0.2) is 0 Å². The lowest BCUT2D eigenvalue weighted by Gasteiger charge is -2.40. The van der Waals surface area contributed by atoms with E-state index in [2.05, 4.69) is 21.9 Å². The highest BCUT2D eigenvalue weighted by atomic mass is 19.1. The molecule has 2 fully saturated rings. The second-order valence-electron chi connectivity index (χ2n) is 10.2. The average molecular weight is 498 g/mol. The van der Waals surface area contributed by atoms with Gasteiger partial charge in [0.1, 0.15) is 0 Å². The maximum Gasteiger partial charge on any atom is 0.259 e. The zero-order valence-corrected chi connectivity index (χ0v) is 21.3. The van der Waals surface area contributed by atoms with Crippen molar-refractivity contribution in [1.29, 1.82) is 0 Å². The van der Waals surface area contributed by atoms with Crippen LogP contribution in [-0.2, 0) is 11.2 Å². The normalized spacial score (nSPS) is 19.3. The summed E-state index contributed by atoms with van der Waals surface area (Å²) in [5.41, 5.74) is 2.35. The Morgan fingerprint density at radius 1 is 1.22 bits per heavy atom. The maximum atomic E-state index is 13.8. The van der Waals surface area contributed by atoms with Crippen LogP contribution in [0.5, 0.6) is 0 Å². The highest BCUT2D eigenvalue weighted by Crippen LogP contribution is 2.35. The molecule has 2 aliphatic rings. The van der Waals surface area contributed by atoms with Gasteiger partial charge in [0.05, 0.1) is 35.3 Å². The number of aryl methyl sites for hydroxylation is 1. The number of ether oxygens (including phenoxy) is 1. The number of halogens is 1. The Morgan fingerprint density at radius 2 is 2.06 bits per heavy atom. The van der Waals surface area contributed by atoms with Gasteiger partial charge in [-0.25, -0.2) is 0 Å². The molecule has 2 aromatic heterocycles. The van der Waals surface area contributed by atoms with Crippen LogP contribution < -0.4 is 5.56 Å². The lowest BCUT2D eigenvalue weighted by atomic mass is 9.93. The molecule has 1 aliphatic heterocycles. The summed E-state index contributed by atoms with van der Waals surface area (Å²) in [4.78, 5) is 33.8. The van der Waals surface area contributed by atoms with Crippen molar-refractivity contribution in [3.8, 4) is 0 Å². The van der Waals surface area contributed by atoms with E-state index in [1.54, 1.807) is 19.4 Å². The molecule has 0 unspecified atom stereocenters. The number of rotatable bonds is 9. The number of alkyl halides is 1. The molecule has 1 saturated carbocycles. The Balaban J connectivity index is 1.47.